The molecule has 2 amide bonds. The second-order valence-electron chi connectivity index (χ2n) is 8.35. The van der Waals surface area contributed by atoms with Crippen molar-refractivity contribution in [3.05, 3.63) is 47.3 Å². The number of nitrogens with zero attached hydrogens (tertiary/aromatic N) is 3. The molecule has 2 heterocycles. The standard InChI is InChI=1S/C22H23F5N4O4/c1-11(2)17(30-19(33)14-3-4-15(23)16(24)18(14)32)20(34)31-7-5-13(6-8-31)35-21-28-9-12(10-29-21)22(25,26)27/h3-4,9-11,13,17,32H,5-8H2,1-2H3,(H,30,33)/t17-/m0/s1. The number of hydrogen-bond acceptors (Lipinski definition) is 6. The Balaban J connectivity index is 1.59. The van der Waals surface area contributed by atoms with E-state index in [2.05, 4.69) is 15.3 Å². The number of alkyl halides is 3. The first-order valence-corrected chi connectivity index (χ1v) is 10.7. The molecular weight excluding hydrogens is 479 g/mol. The first-order chi connectivity index (χ1) is 16.4. The van der Waals surface area contributed by atoms with Crippen LogP contribution in [0.15, 0.2) is 24.5 Å². The first-order valence-electron chi connectivity index (χ1n) is 10.7. The van der Waals surface area contributed by atoms with Crippen LogP contribution in [-0.4, -0.2) is 57.0 Å². The number of phenolic OH excluding ortho intramolecular Hbond substituents is 1. The van der Waals surface area contributed by atoms with E-state index in [1.807, 2.05) is 0 Å². The maximum atomic E-state index is 13.6. The molecule has 1 aromatic carbocycles. The van der Waals surface area contributed by atoms with Crippen LogP contribution in [0.3, 0.4) is 0 Å². The van der Waals surface area contributed by atoms with Crippen molar-refractivity contribution in [3.63, 3.8) is 0 Å². The number of ether oxygens (including phenoxy) is 1. The number of phenols is 1. The lowest BCUT2D eigenvalue weighted by atomic mass is 9.99. The van der Waals surface area contributed by atoms with Gasteiger partial charge < -0.3 is 20.1 Å². The van der Waals surface area contributed by atoms with Crippen molar-refractivity contribution in [2.75, 3.05) is 13.1 Å². The maximum Gasteiger partial charge on any atom is 0.419 e. The molecule has 0 spiro atoms. The molecule has 8 nitrogen and oxygen atoms in total. The number of carbonyl (C=O) groups excluding carboxylic acids is 2. The fourth-order valence-corrected chi connectivity index (χ4v) is 3.52. The molecule has 0 radical (unpaired) electrons. The fraction of sp³-hybridized carbons (Fsp3) is 0.455. The molecule has 1 aliphatic rings. The number of rotatable bonds is 6. The van der Waals surface area contributed by atoms with Crippen molar-refractivity contribution < 1.29 is 41.4 Å². The molecule has 0 bridgehead atoms. The summed E-state index contributed by atoms with van der Waals surface area (Å²) in [7, 11) is 0. The number of halogens is 5. The van der Waals surface area contributed by atoms with Crippen molar-refractivity contribution in [2.45, 2.75) is 45.0 Å². The van der Waals surface area contributed by atoms with E-state index in [0.29, 0.717) is 31.3 Å². The molecule has 190 valence electrons. The smallest absolute Gasteiger partial charge is 0.419 e. The zero-order chi connectivity index (χ0) is 25.9. The molecule has 1 saturated heterocycles. The monoisotopic (exact) mass is 502 g/mol. The molecule has 0 unspecified atom stereocenters. The highest BCUT2D eigenvalue weighted by Gasteiger charge is 2.34. The Bertz CT molecular complexity index is 1070. The van der Waals surface area contributed by atoms with Gasteiger partial charge in [0.1, 0.15) is 12.1 Å². The van der Waals surface area contributed by atoms with Gasteiger partial charge in [-0.25, -0.2) is 14.4 Å². The van der Waals surface area contributed by atoms with E-state index >= 15 is 0 Å². The first kappa shape index (κ1) is 26.1. The van der Waals surface area contributed by atoms with Gasteiger partial charge in [-0.1, -0.05) is 13.8 Å². The van der Waals surface area contributed by atoms with Crippen LogP contribution in [0.5, 0.6) is 11.8 Å². The van der Waals surface area contributed by atoms with Crippen molar-refractivity contribution in [1.82, 2.24) is 20.2 Å². The lowest BCUT2D eigenvalue weighted by Crippen LogP contribution is -2.53. The van der Waals surface area contributed by atoms with E-state index in [4.69, 9.17) is 4.74 Å². The Hall–Kier alpha value is -3.51. The van der Waals surface area contributed by atoms with Crippen LogP contribution in [0.4, 0.5) is 22.0 Å². The second-order valence-corrected chi connectivity index (χ2v) is 8.35. The summed E-state index contributed by atoms with van der Waals surface area (Å²) in [5.74, 6) is -5.76. The Morgan fingerprint density at radius 2 is 1.74 bits per heavy atom. The third-order valence-corrected chi connectivity index (χ3v) is 5.51. The van der Waals surface area contributed by atoms with Gasteiger partial charge in [0.15, 0.2) is 11.6 Å². The number of aromatic nitrogens is 2. The van der Waals surface area contributed by atoms with E-state index in [1.54, 1.807) is 13.8 Å². The Labute approximate surface area is 197 Å². The lowest BCUT2D eigenvalue weighted by molar-refractivity contribution is -0.138. The third-order valence-electron chi connectivity index (χ3n) is 5.51. The molecule has 1 atom stereocenters. The van der Waals surface area contributed by atoms with Gasteiger partial charge in [0.25, 0.3) is 5.91 Å². The third kappa shape index (κ3) is 6.14. The van der Waals surface area contributed by atoms with Gasteiger partial charge in [-0.3, -0.25) is 9.59 Å². The number of piperidine rings is 1. The molecule has 1 fully saturated rings. The molecule has 2 aromatic rings. The van der Waals surface area contributed by atoms with Gasteiger partial charge in [-0.2, -0.15) is 17.6 Å². The van der Waals surface area contributed by atoms with Crippen LogP contribution in [0.25, 0.3) is 0 Å². The Kier molecular flexibility index (Phi) is 7.76. The minimum absolute atomic E-state index is 0.207. The normalized spacial score (nSPS) is 15.7. The van der Waals surface area contributed by atoms with Crippen LogP contribution < -0.4 is 10.1 Å². The number of likely N-dealkylation sites (tertiary alicyclic amines) is 1. The highest BCUT2D eigenvalue weighted by atomic mass is 19.4. The number of aromatic hydroxyl groups is 1. The van der Waals surface area contributed by atoms with Crippen molar-refractivity contribution in [2.24, 2.45) is 5.92 Å². The molecule has 3 rings (SSSR count). The zero-order valence-corrected chi connectivity index (χ0v) is 18.8. The van der Waals surface area contributed by atoms with Crippen LogP contribution in [-0.2, 0) is 11.0 Å². The minimum Gasteiger partial charge on any atom is -0.504 e. The van der Waals surface area contributed by atoms with Crippen LogP contribution in [0.1, 0.15) is 42.6 Å². The van der Waals surface area contributed by atoms with E-state index in [0.717, 1.165) is 6.07 Å². The SMILES string of the molecule is CC(C)[C@H](NC(=O)c1ccc(F)c(F)c1O)C(=O)N1CCC(Oc2ncc(C(F)(F)F)cn2)CC1. The molecule has 0 saturated carbocycles. The topological polar surface area (TPSA) is 105 Å². The summed E-state index contributed by atoms with van der Waals surface area (Å²) in [5, 5.41) is 12.2. The highest BCUT2D eigenvalue weighted by Crippen LogP contribution is 2.29. The lowest BCUT2D eigenvalue weighted by Gasteiger charge is -2.35. The van der Waals surface area contributed by atoms with Gasteiger partial charge in [0.2, 0.25) is 11.7 Å². The molecule has 0 aliphatic carbocycles. The predicted molar refractivity (Wildman–Crippen MR) is 111 cm³/mol. The summed E-state index contributed by atoms with van der Waals surface area (Å²) in [4.78, 5) is 34.2. The number of hydrogen-bond donors (Lipinski definition) is 2. The van der Waals surface area contributed by atoms with E-state index in [-0.39, 0.29) is 25.0 Å². The van der Waals surface area contributed by atoms with E-state index in [9.17, 15) is 36.6 Å². The summed E-state index contributed by atoms with van der Waals surface area (Å²) < 4.78 is 70.2. The molecule has 1 aliphatic heterocycles. The average molecular weight is 502 g/mol. The fourth-order valence-electron chi connectivity index (χ4n) is 3.52. The highest BCUT2D eigenvalue weighted by molar-refractivity contribution is 5.99. The Morgan fingerprint density at radius 1 is 1.14 bits per heavy atom. The number of benzene rings is 1. The summed E-state index contributed by atoms with van der Waals surface area (Å²) in [6.45, 7) is 3.84. The average Bonchev–Trinajstić information content (AvgIpc) is 2.80. The molecule has 2 N–H and O–H groups in total. The van der Waals surface area contributed by atoms with Crippen molar-refractivity contribution >= 4 is 11.8 Å². The predicted octanol–water partition coefficient (Wildman–Crippen LogP) is 3.30. The second kappa shape index (κ2) is 10.4. The van der Waals surface area contributed by atoms with Crippen LogP contribution in [0.2, 0.25) is 0 Å². The largest absolute Gasteiger partial charge is 0.504 e. The summed E-state index contributed by atoms with van der Waals surface area (Å²) in [5.41, 5.74) is -1.50. The van der Waals surface area contributed by atoms with Gasteiger partial charge in [0.05, 0.1) is 11.1 Å². The van der Waals surface area contributed by atoms with Crippen LogP contribution in [0, 0.1) is 17.6 Å². The molecule has 1 aromatic heterocycles. The van der Waals surface area contributed by atoms with E-state index in [1.165, 1.54) is 4.90 Å². The summed E-state index contributed by atoms with van der Waals surface area (Å²) in [6, 6.07) is 0.394. The van der Waals surface area contributed by atoms with Gasteiger partial charge >= 0.3 is 12.2 Å². The number of nitrogens with one attached hydrogen (secondary N) is 1. The van der Waals surface area contributed by atoms with Gasteiger partial charge in [-0.15, -0.1) is 0 Å². The van der Waals surface area contributed by atoms with Crippen molar-refractivity contribution in [3.8, 4) is 11.8 Å². The summed E-state index contributed by atoms with van der Waals surface area (Å²) in [6.07, 6.45) is -3.04. The summed E-state index contributed by atoms with van der Waals surface area (Å²) >= 11 is 0. The van der Waals surface area contributed by atoms with E-state index < -0.39 is 58.6 Å². The quantitative estimate of drug-likeness (QED) is 0.588. The molecule has 13 heteroatoms. The number of amides is 2. The molecule has 35 heavy (non-hydrogen) atoms. The minimum atomic E-state index is -4.56. The maximum absolute atomic E-state index is 13.6. The zero-order valence-electron chi connectivity index (χ0n) is 18.8. The Morgan fingerprint density at radius 3 is 2.29 bits per heavy atom. The number of carbonyl (C=O) groups is 2. The van der Waals surface area contributed by atoms with Gasteiger partial charge in [0, 0.05) is 38.3 Å². The van der Waals surface area contributed by atoms with Crippen LogP contribution >= 0.6 is 0 Å². The molecular formula is C22H23F5N4O4. The van der Waals surface area contributed by atoms with Gasteiger partial charge in [-0.05, 0) is 18.1 Å². The van der Waals surface area contributed by atoms with Crippen molar-refractivity contribution in [1.29, 1.82) is 0 Å².